The van der Waals surface area contributed by atoms with Gasteiger partial charge in [-0.25, -0.2) is 0 Å². The molecule has 1 atom stereocenters. The van der Waals surface area contributed by atoms with Gasteiger partial charge in [-0.1, -0.05) is 17.3 Å². The third-order valence-corrected chi connectivity index (χ3v) is 3.58. The third-order valence-electron chi connectivity index (χ3n) is 3.58. The Morgan fingerprint density at radius 2 is 2.00 bits per heavy atom. The number of hydrogen-bond donors (Lipinski definition) is 1. The number of carbonyl (C=O) groups is 1. The predicted molar refractivity (Wildman–Crippen MR) is 84.3 cm³/mol. The van der Waals surface area contributed by atoms with Gasteiger partial charge in [0.1, 0.15) is 6.29 Å². The number of hydroxylamine groups is 1. The van der Waals surface area contributed by atoms with Crippen molar-refractivity contribution in [2.24, 2.45) is 0 Å². The third kappa shape index (κ3) is 2.68. The average molecular weight is 320 g/mol. The van der Waals surface area contributed by atoms with Crippen LogP contribution in [0.1, 0.15) is 27.8 Å². The lowest BCUT2D eigenvalue weighted by Crippen LogP contribution is -2.08. The zero-order valence-corrected chi connectivity index (χ0v) is 12.4. The van der Waals surface area contributed by atoms with E-state index in [2.05, 4.69) is 20.6 Å². The normalized spacial score (nSPS) is 16.5. The lowest BCUT2D eigenvalue weighted by atomic mass is 10.1. The van der Waals surface area contributed by atoms with Crippen molar-refractivity contribution < 1.29 is 14.2 Å². The molecule has 3 heterocycles. The molecule has 0 amide bonds. The summed E-state index contributed by atoms with van der Waals surface area (Å²) < 4.78 is 5.28. The number of nitrogens with one attached hydrogen (secondary N) is 1. The molecule has 7 nitrogen and oxygen atoms in total. The van der Waals surface area contributed by atoms with Crippen LogP contribution in [-0.4, -0.2) is 21.4 Å². The van der Waals surface area contributed by atoms with E-state index < -0.39 is 6.10 Å². The van der Waals surface area contributed by atoms with Gasteiger partial charge >= 0.3 is 0 Å². The quantitative estimate of drug-likeness (QED) is 0.739. The maximum Gasteiger partial charge on any atom is 0.258 e. The van der Waals surface area contributed by atoms with Crippen LogP contribution in [0.15, 0.2) is 59.4 Å². The first-order valence-electron chi connectivity index (χ1n) is 7.26. The predicted octanol–water partition coefficient (Wildman–Crippen LogP) is 2.56. The van der Waals surface area contributed by atoms with Crippen molar-refractivity contribution in [3.05, 3.63) is 71.8 Å². The summed E-state index contributed by atoms with van der Waals surface area (Å²) in [5.74, 6) is 0.783. The number of hydrogen-bond acceptors (Lipinski definition) is 7. The summed E-state index contributed by atoms with van der Waals surface area (Å²) in [5.41, 5.74) is 5.88. The Hall–Kier alpha value is -3.32. The molecule has 1 N–H and O–H groups in total. The van der Waals surface area contributed by atoms with E-state index in [1.165, 1.54) is 0 Å². The molecule has 1 aliphatic rings. The molecule has 0 aliphatic carbocycles. The number of aldehydes is 1. The smallest absolute Gasteiger partial charge is 0.258 e. The van der Waals surface area contributed by atoms with E-state index in [0.29, 0.717) is 17.3 Å². The second kappa shape index (κ2) is 6.05. The highest BCUT2D eigenvalue weighted by Crippen LogP contribution is 2.28. The summed E-state index contributed by atoms with van der Waals surface area (Å²) in [6, 6.07) is 10.7. The highest BCUT2D eigenvalue weighted by molar-refractivity contribution is 5.76. The molecule has 0 saturated carbocycles. The van der Waals surface area contributed by atoms with Crippen molar-refractivity contribution in [1.29, 1.82) is 0 Å². The summed E-state index contributed by atoms with van der Waals surface area (Å²) in [7, 11) is 0. The van der Waals surface area contributed by atoms with Crippen LogP contribution in [0.4, 0.5) is 0 Å². The van der Waals surface area contributed by atoms with Crippen LogP contribution in [0.3, 0.4) is 0 Å². The second-order valence-electron chi connectivity index (χ2n) is 5.16. The monoisotopic (exact) mass is 320 g/mol. The van der Waals surface area contributed by atoms with Crippen LogP contribution in [0.25, 0.3) is 17.2 Å². The summed E-state index contributed by atoms with van der Waals surface area (Å²) in [6.45, 7) is 0. The van der Waals surface area contributed by atoms with Crippen molar-refractivity contribution in [2.45, 2.75) is 6.10 Å². The van der Waals surface area contributed by atoms with Gasteiger partial charge < -0.3 is 4.52 Å². The van der Waals surface area contributed by atoms with E-state index in [9.17, 15) is 4.79 Å². The van der Waals surface area contributed by atoms with Crippen molar-refractivity contribution in [3.63, 3.8) is 0 Å². The van der Waals surface area contributed by atoms with Gasteiger partial charge in [0.15, 0.2) is 6.10 Å². The number of rotatable bonds is 4. The molecule has 1 aliphatic heterocycles. The first-order chi connectivity index (χ1) is 11.8. The van der Waals surface area contributed by atoms with E-state index in [4.69, 9.17) is 9.36 Å². The Morgan fingerprint density at radius 1 is 1.12 bits per heavy atom. The fraction of sp³-hybridized carbons (Fsp3) is 0.0588. The Kier molecular flexibility index (Phi) is 3.60. The minimum atomic E-state index is -0.452. The minimum absolute atomic E-state index is 0.370. The molecular formula is C17H12N4O3. The lowest BCUT2D eigenvalue weighted by Gasteiger charge is -2.02. The number of carbonyl (C=O) groups excluding carboxylic acids is 1. The molecule has 7 heteroatoms. The fourth-order valence-corrected chi connectivity index (χ4v) is 2.32. The molecule has 24 heavy (non-hydrogen) atoms. The summed E-state index contributed by atoms with van der Waals surface area (Å²) in [6.07, 6.45) is 5.64. The average Bonchev–Trinajstić information content (AvgIpc) is 3.32. The van der Waals surface area contributed by atoms with Gasteiger partial charge in [-0.15, -0.1) is 0 Å². The topological polar surface area (TPSA) is 90.1 Å². The standard InChI is InChI=1S/C17H12N4O3/c22-10-11-3-5-12(6-4-11)17-19-16(21-24-17)15-8-14(20-23-15)13-2-1-7-18-9-13/h1-10,15,20H. The molecule has 0 fully saturated rings. The highest BCUT2D eigenvalue weighted by Gasteiger charge is 2.24. The van der Waals surface area contributed by atoms with E-state index in [1.807, 2.05) is 18.2 Å². The second-order valence-corrected chi connectivity index (χ2v) is 5.16. The van der Waals surface area contributed by atoms with Gasteiger partial charge in [0.25, 0.3) is 5.89 Å². The van der Waals surface area contributed by atoms with Crippen molar-refractivity contribution in [3.8, 4) is 11.5 Å². The SMILES string of the molecule is O=Cc1ccc(-c2nc(C3C=C(c4cccnc4)NO3)no2)cc1. The zero-order chi connectivity index (χ0) is 16.4. The first-order valence-corrected chi connectivity index (χ1v) is 7.26. The fourth-order valence-electron chi connectivity index (χ4n) is 2.32. The van der Waals surface area contributed by atoms with Crippen LogP contribution in [0.2, 0.25) is 0 Å². The number of aromatic nitrogens is 3. The van der Waals surface area contributed by atoms with Gasteiger partial charge in [0.2, 0.25) is 5.82 Å². The molecule has 0 saturated heterocycles. The number of benzene rings is 1. The van der Waals surface area contributed by atoms with Crippen molar-refractivity contribution in [1.82, 2.24) is 20.6 Å². The summed E-state index contributed by atoms with van der Waals surface area (Å²) >= 11 is 0. The van der Waals surface area contributed by atoms with Crippen LogP contribution >= 0.6 is 0 Å². The number of nitrogens with zero attached hydrogens (tertiary/aromatic N) is 3. The summed E-state index contributed by atoms with van der Waals surface area (Å²) in [5, 5.41) is 3.96. The van der Waals surface area contributed by atoms with Gasteiger partial charge in [-0.05, 0) is 30.3 Å². The largest absolute Gasteiger partial charge is 0.334 e. The van der Waals surface area contributed by atoms with Gasteiger partial charge in [0, 0.05) is 29.1 Å². The van der Waals surface area contributed by atoms with Crippen LogP contribution < -0.4 is 5.48 Å². The van der Waals surface area contributed by atoms with Crippen LogP contribution in [0.5, 0.6) is 0 Å². The Bertz CT molecular complexity index is 888. The molecule has 0 spiro atoms. The maximum absolute atomic E-state index is 10.7. The maximum atomic E-state index is 10.7. The highest BCUT2D eigenvalue weighted by atomic mass is 16.7. The summed E-state index contributed by atoms with van der Waals surface area (Å²) in [4.78, 5) is 24.6. The van der Waals surface area contributed by atoms with Crippen molar-refractivity contribution in [2.75, 3.05) is 0 Å². The van der Waals surface area contributed by atoms with E-state index in [-0.39, 0.29) is 0 Å². The van der Waals surface area contributed by atoms with E-state index >= 15 is 0 Å². The van der Waals surface area contributed by atoms with E-state index in [0.717, 1.165) is 23.1 Å². The van der Waals surface area contributed by atoms with Gasteiger partial charge in [-0.3, -0.25) is 20.1 Å². The zero-order valence-electron chi connectivity index (χ0n) is 12.4. The molecule has 2 aromatic heterocycles. The molecule has 1 aromatic carbocycles. The van der Waals surface area contributed by atoms with Crippen LogP contribution in [-0.2, 0) is 4.84 Å². The molecule has 1 unspecified atom stereocenters. The van der Waals surface area contributed by atoms with E-state index in [1.54, 1.807) is 36.7 Å². The molecule has 4 rings (SSSR count). The number of pyridine rings is 1. The van der Waals surface area contributed by atoms with Gasteiger partial charge in [0.05, 0.1) is 5.70 Å². The molecule has 0 bridgehead atoms. The van der Waals surface area contributed by atoms with Crippen molar-refractivity contribution >= 4 is 12.0 Å². The molecule has 0 radical (unpaired) electrons. The van der Waals surface area contributed by atoms with Gasteiger partial charge in [-0.2, -0.15) is 4.98 Å². The molecular weight excluding hydrogens is 308 g/mol. The first kappa shape index (κ1) is 14.3. The molecule has 3 aromatic rings. The molecule has 118 valence electrons. The minimum Gasteiger partial charge on any atom is -0.334 e. The lowest BCUT2D eigenvalue weighted by molar-refractivity contribution is 0.0447. The Labute approximate surface area is 136 Å². The van der Waals surface area contributed by atoms with Crippen LogP contribution in [0, 0.1) is 0 Å². The Balaban J connectivity index is 1.57. The Morgan fingerprint density at radius 3 is 2.75 bits per heavy atom.